The van der Waals surface area contributed by atoms with E-state index in [1.807, 2.05) is 72.8 Å². The fraction of sp³-hybridized carbons (Fsp3) is 0.278. The van der Waals surface area contributed by atoms with Crippen molar-refractivity contribution in [2.75, 3.05) is 33.7 Å². The van der Waals surface area contributed by atoms with Crippen molar-refractivity contribution in [1.29, 1.82) is 0 Å². The third-order valence-electron chi connectivity index (χ3n) is 7.68. The maximum Gasteiger partial charge on any atom is 0.251 e. The number of ether oxygens (including phenoxy) is 4. The molecule has 0 saturated heterocycles. The highest BCUT2D eigenvalue weighted by Gasteiger charge is 2.36. The summed E-state index contributed by atoms with van der Waals surface area (Å²) in [7, 11) is 1.61. The van der Waals surface area contributed by atoms with Crippen molar-refractivity contribution in [3.05, 3.63) is 130 Å². The van der Waals surface area contributed by atoms with Gasteiger partial charge in [0.1, 0.15) is 23.6 Å². The van der Waals surface area contributed by atoms with Gasteiger partial charge in [-0.2, -0.15) is 0 Å². The first kappa shape index (κ1) is 33.2. The Morgan fingerprint density at radius 1 is 0.935 bits per heavy atom. The minimum Gasteiger partial charge on any atom is -0.486 e. The van der Waals surface area contributed by atoms with Crippen molar-refractivity contribution in [3.63, 3.8) is 0 Å². The molecule has 0 fully saturated rings. The Balaban J connectivity index is 1.37. The molecule has 9 nitrogen and oxygen atoms in total. The van der Waals surface area contributed by atoms with E-state index in [4.69, 9.17) is 24.7 Å². The molecule has 5 rings (SSSR count). The lowest BCUT2D eigenvalue weighted by Gasteiger charge is -2.31. The van der Waals surface area contributed by atoms with E-state index in [-0.39, 0.29) is 25.2 Å². The zero-order valence-corrected chi connectivity index (χ0v) is 27.2. The number of hydrogen-bond donors (Lipinski definition) is 2. The van der Waals surface area contributed by atoms with Gasteiger partial charge in [0.15, 0.2) is 6.79 Å². The molecule has 3 atom stereocenters. The molecule has 0 radical (unpaired) electrons. The molecule has 3 N–H and O–H groups in total. The van der Waals surface area contributed by atoms with Gasteiger partial charge in [-0.05, 0) is 47.5 Å². The van der Waals surface area contributed by atoms with E-state index in [0.717, 1.165) is 21.2 Å². The molecule has 46 heavy (non-hydrogen) atoms. The Bertz CT molecular complexity index is 1570. The first-order valence-electron chi connectivity index (χ1n) is 15.1. The molecule has 2 amide bonds. The maximum absolute atomic E-state index is 14.5. The van der Waals surface area contributed by atoms with Crippen molar-refractivity contribution < 1.29 is 28.5 Å². The van der Waals surface area contributed by atoms with E-state index in [9.17, 15) is 9.59 Å². The van der Waals surface area contributed by atoms with Crippen LogP contribution in [0, 0.1) is 0 Å². The van der Waals surface area contributed by atoms with Crippen LogP contribution >= 0.6 is 15.9 Å². The predicted octanol–water partition coefficient (Wildman–Crippen LogP) is 5.28. The first-order valence-corrected chi connectivity index (χ1v) is 15.9. The van der Waals surface area contributed by atoms with Crippen LogP contribution in [0.1, 0.15) is 33.1 Å². The quantitative estimate of drug-likeness (QED) is 0.129. The van der Waals surface area contributed by atoms with Gasteiger partial charge in [-0.1, -0.05) is 76.6 Å². The molecule has 240 valence electrons. The number of nitrogens with two attached hydrogens (primary N) is 1. The highest BCUT2D eigenvalue weighted by Crippen LogP contribution is 2.38. The number of hydrogen-bond acceptors (Lipinski definition) is 7. The predicted molar refractivity (Wildman–Crippen MR) is 179 cm³/mol. The average molecular weight is 689 g/mol. The molecule has 0 aliphatic carbocycles. The second kappa shape index (κ2) is 16.4. The topological polar surface area (TPSA) is 112 Å². The molecule has 1 aliphatic heterocycles. The molecule has 0 aromatic heterocycles. The lowest BCUT2D eigenvalue weighted by molar-refractivity contribution is -0.135. The standard InChI is InChI=1S/C36H38BrN3O6/c1-43-18-19-44-24-45-29-16-17-30-32(21-29)46-33(34(30)38)23-40(22-26-12-14-28(37)15-13-26)36(42)31(20-25-8-4-2-5-9-25)39-35(41)27-10-6-3-7-11-27/h2-17,21,31,33-34H,18-20,22-24,38H2,1H3,(H,39,41)/t31-,33-,34+/m1/s1. The first-order chi connectivity index (χ1) is 22.4. The highest BCUT2D eigenvalue weighted by molar-refractivity contribution is 9.10. The molecular formula is C36H38BrN3O6. The van der Waals surface area contributed by atoms with Crippen LogP contribution in [0.25, 0.3) is 0 Å². The van der Waals surface area contributed by atoms with Gasteiger partial charge in [-0.15, -0.1) is 0 Å². The second-order valence-corrected chi connectivity index (χ2v) is 11.9. The van der Waals surface area contributed by atoms with Gasteiger partial charge < -0.3 is 34.9 Å². The summed E-state index contributed by atoms with van der Waals surface area (Å²) in [5.41, 5.74) is 9.86. The minimum atomic E-state index is -0.830. The lowest BCUT2D eigenvalue weighted by Crippen LogP contribution is -2.52. The summed E-state index contributed by atoms with van der Waals surface area (Å²) in [6, 6.07) is 30.5. The summed E-state index contributed by atoms with van der Waals surface area (Å²) in [6.07, 6.45) is -0.204. The summed E-state index contributed by atoms with van der Waals surface area (Å²) in [4.78, 5) is 29.5. The Kier molecular flexibility index (Phi) is 11.8. The third-order valence-corrected chi connectivity index (χ3v) is 8.21. The molecule has 0 saturated carbocycles. The van der Waals surface area contributed by atoms with E-state index in [1.54, 1.807) is 42.3 Å². The molecule has 1 aliphatic rings. The SMILES string of the molecule is COCCOCOc1ccc2c(c1)O[C@H](CN(Cc1ccc(Br)cc1)C(=O)[C@@H](Cc1ccccc1)NC(=O)c1ccccc1)[C@H]2N. The number of rotatable bonds is 15. The molecule has 0 spiro atoms. The fourth-order valence-electron chi connectivity index (χ4n) is 5.24. The van der Waals surface area contributed by atoms with Crippen LogP contribution in [0.15, 0.2) is 108 Å². The largest absolute Gasteiger partial charge is 0.486 e. The van der Waals surface area contributed by atoms with Crippen LogP contribution in [0.4, 0.5) is 0 Å². The molecule has 10 heteroatoms. The van der Waals surface area contributed by atoms with Gasteiger partial charge in [0.25, 0.3) is 5.91 Å². The van der Waals surface area contributed by atoms with Crippen molar-refractivity contribution in [1.82, 2.24) is 10.2 Å². The normalized spacial score (nSPS) is 15.8. The molecule has 1 heterocycles. The average Bonchev–Trinajstić information content (AvgIpc) is 3.39. The zero-order chi connectivity index (χ0) is 32.3. The van der Waals surface area contributed by atoms with Crippen LogP contribution in [0.5, 0.6) is 11.5 Å². The van der Waals surface area contributed by atoms with Gasteiger partial charge in [0, 0.05) is 41.7 Å². The van der Waals surface area contributed by atoms with Gasteiger partial charge in [0.2, 0.25) is 5.91 Å². The molecular weight excluding hydrogens is 650 g/mol. The van der Waals surface area contributed by atoms with Gasteiger partial charge in [0.05, 0.1) is 25.8 Å². The summed E-state index contributed by atoms with van der Waals surface area (Å²) in [6.45, 7) is 1.47. The third kappa shape index (κ3) is 8.95. The summed E-state index contributed by atoms with van der Waals surface area (Å²) in [5, 5.41) is 3.00. The molecule has 0 bridgehead atoms. The van der Waals surface area contributed by atoms with Gasteiger partial charge >= 0.3 is 0 Å². The van der Waals surface area contributed by atoms with Crippen LogP contribution in [0.3, 0.4) is 0 Å². The number of amides is 2. The lowest BCUT2D eigenvalue weighted by atomic mass is 10.0. The Hall–Kier alpha value is -4.22. The maximum atomic E-state index is 14.5. The smallest absolute Gasteiger partial charge is 0.251 e. The van der Waals surface area contributed by atoms with Gasteiger partial charge in [-0.3, -0.25) is 9.59 Å². The van der Waals surface area contributed by atoms with E-state index in [2.05, 4.69) is 21.2 Å². The number of nitrogens with zero attached hydrogens (tertiary/aromatic N) is 1. The fourth-order valence-corrected chi connectivity index (χ4v) is 5.51. The van der Waals surface area contributed by atoms with Crippen LogP contribution in [-0.2, 0) is 27.2 Å². The Morgan fingerprint density at radius 2 is 1.65 bits per heavy atom. The Morgan fingerprint density at radius 3 is 2.37 bits per heavy atom. The summed E-state index contributed by atoms with van der Waals surface area (Å²) < 4.78 is 23.4. The molecule has 4 aromatic carbocycles. The molecule has 0 unspecified atom stereocenters. The monoisotopic (exact) mass is 687 g/mol. The number of carbonyl (C=O) groups excluding carboxylic acids is 2. The van der Waals surface area contributed by atoms with Gasteiger partial charge in [-0.25, -0.2) is 0 Å². The van der Waals surface area contributed by atoms with E-state index >= 15 is 0 Å². The zero-order valence-electron chi connectivity index (χ0n) is 25.6. The number of halogens is 1. The van der Waals surface area contributed by atoms with Crippen molar-refractivity contribution in [2.24, 2.45) is 5.73 Å². The van der Waals surface area contributed by atoms with Crippen LogP contribution in [-0.4, -0.2) is 62.5 Å². The van der Waals surface area contributed by atoms with E-state index in [1.165, 1.54) is 0 Å². The second-order valence-electron chi connectivity index (χ2n) is 11.0. The number of nitrogens with one attached hydrogen (secondary N) is 1. The van der Waals surface area contributed by atoms with E-state index < -0.39 is 18.2 Å². The van der Waals surface area contributed by atoms with Crippen LogP contribution in [0.2, 0.25) is 0 Å². The number of fused-ring (bicyclic) bond motifs is 1. The minimum absolute atomic E-state index is 0.0740. The van der Waals surface area contributed by atoms with Crippen molar-refractivity contribution in [2.45, 2.75) is 31.2 Å². The Labute approximate surface area is 277 Å². The van der Waals surface area contributed by atoms with Crippen LogP contribution < -0.4 is 20.5 Å². The number of carbonyl (C=O) groups is 2. The number of methoxy groups -OCH3 is 1. The summed E-state index contributed by atoms with van der Waals surface area (Å²) in [5.74, 6) is 0.623. The van der Waals surface area contributed by atoms with Crippen molar-refractivity contribution in [3.8, 4) is 11.5 Å². The highest BCUT2D eigenvalue weighted by atomic mass is 79.9. The molecule has 4 aromatic rings. The summed E-state index contributed by atoms with van der Waals surface area (Å²) >= 11 is 3.49. The van der Waals surface area contributed by atoms with Crippen molar-refractivity contribution >= 4 is 27.7 Å². The van der Waals surface area contributed by atoms with E-state index in [0.29, 0.717) is 43.2 Å². The number of benzene rings is 4.